The number of ether oxygens (including phenoxy) is 1. The zero-order chi connectivity index (χ0) is 21.4. The first-order valence-corrected chi connectivity index (χ1v) is 9.58. The van der Waals surface area contributed by atoms with Gasteiger partial charge in [-0.2, -0.15) is 0 Å². The second-order valence-corrected chi connectivity index (χ2v) is 9.23. The van der Waals surface area contributed by atoms with E-state index in [0.717, 1.165) is 16.7 Å². The van der Waals surface area contributed by atoms with E-state index in [1.54, 1.807) is 0 Å². The van der Waals surface area contributed by atoms with E-state index >= 15 is 0 Å². The minimum atomic E-state index is -0.654. The van der Waals surface area contributed by atoms with Crippen LogP contribution in [-0.2, 0) is 20.4 Å². The Labute approximate surface area is 167 Å². The maximum Gasteiger partial charge on any atom is 0.337 e. The number of benzene rings is 1. The van der Waals surface area contributed by atoms with Crippen LogP contribution in [0.1, 0.15) is 77.6 Å². The van der Waals surface area contributed by atoms with Crippen LogP contribution in [0.4, 0.5) is 4.79 Å². The van der Waals surface area contributed by atoms with Gasteiger partial charge >= 0.3 is 12.0 Å². The minimum Gasteiger partial charge on any atom is -0.507 e. The largest absolute Gasteiger partial charge is 0.507 e. The lowest BCUT2D eigenvalue weighted by atomic mass is 9.77. The van der Waals surface area contributed by atoms with Crippen molar-refractivity contribution >= 4 is 12.0 Å². The van der Waals surface area contributed by atoms with E-state index in [0.29, 0.717) is 17.7 Å². The highest BCUT2D eigenvalue weighted by atomic mass is 16.5. The van der Waals surface area contributed by atoms with Crippen LogP contribution in [0.25, 0.3) is 0 Å². The van der Waals surface area contributed by atoms with Gasteiger partial charge in [0.25, 0.3) is 0 Å². The van der Waals surface area contributed by atoms with Crippen LogP contribution in [0.3, 0.4) is 0 Å². The van der Waals surface area contributed by atoms with Gasteiger partial charge in [0, 0.05) is 5.70 Å². The molecule has 0 fully saturated rings. The van der Waals surface area contributed by atoms with Crippen LogP contribution in [0.2, 0.25) is 0 Å². The summed E-state index contributed by atoms with van der Waals surface area (Å²) in [6, 6.07) is 2.73. The number of allylic oxidation sites excluding steroid dienone is 1. The van der Waals surface area contributed by atoms with Crippen molar-refractivity contribution in [2.45, 2.75) is 71.8 Å². The predicted molar refractivity (Wildman–Crippen MR) is 109 cm³/mol. The molecule has 0 saturated carbocycles. The summed E-state index contributed by atoms with van der Waals surface area (Å²) in [6.45, 7) is 14.0. The van der Waals surface area contributed by atoms with E-state index in [1.165, 1.54) is 7.11 Å². The Morgan fingerprint density at radius 2 is 1.61 bits per heavy atom. The number of hydrogen-bond acceptors (Lipinski definition) is 4. The number of phenolic OH excluding ortho intramolecular Hbond substituents is 1. The van der Waals surface area contributed by atoms with Gasteiger partial charge in [0.2, 0.25) is 0 Å². The third-order valence-corrected chi connectivity index (χ3v) is 4.99. The fourth-order valence-electron chi connectivity index (χ4n) is 3.46. The summed E-state index contributed by atoms with van der Waals surface area (Å²) in [4.78, 5) is 24.8. The summed E-state index contributed by atoms with van der Waals surface area (Å²) in [6.07, 6.45) is 0.491. The first-order valence-electron chi connectivity index (χ1n) is 9.58. The molecule has 1 aromatic rings. The summed E-state index contributed by atoms with van der Waals surface area (Å²) >= 11 is 0. The van der Waals surface area contributed by atoms with Gasteiger partial charge in [-0.3, -0.25) is 0 Å². The Hall–Kier alpha value is -2.50. The molecular formula is C22H32N2O4. The van der Waals surface area contributed by atoms with E-state index in [4.69, 9.17) is 4.74 Å². The Morgan fingerprint density at radius 3 is 2.00 bits per heavy atom. The van der Waals surface area contributed by atoms with Crippen LogP contribution < -0.4 is 10.6 Å². The quantitative estimate of drug-likeness (QED) is 0.678. The molecule has 154 valence electrons. The Kier molecular flexibility index (Phi) is 5.83. The molecule has 1 atom stereocenters. The van der Waals surface area contributed by atoms with Gasteiger partial charge in [-0.05, 0) is 46.1 Å². The van der Waals surface area contributed by atoms with Crippen molar-refractivity contribution in [2.24, 2.45) is 0 Å². The zero-order valence-electron chi connectivity index (χ0n) is 18.1. The SMILES string of the molecule is CCC1=C(C(=O)OC)C(c2cc(C(C)(C)C)c(O)c(C(C)(C)C)c2)NC(=O)N1. The van der Waals surface area contributed by atoms with Gasteiger partial charge in [-0.15, -0.1) is 0 Å². The highest BCUT2D eigenvalue weighted by Crippen LogP contribution is 2.42. The average Bonchev–Trinajstić information content (AvgIpc) is 2.58. The molecule has 1 aliphatic heterocycles. The van der Waals surface area contributed by atoms with Crippen molar-refractivity contribution in [2.75, 3.05) is 7.11 Å². The first kappa shape index (κ1) is 21.8. The van der Waals surface area contributed by atoms with Gasteiger partial charge in [0.15, 0.2) is 0 Å². The monoisotopic (exact) mass is 388 g/mol. The first-order chi connectivity index (χ1) is 12.8. The summed E-state index contributed by atoms with van der Waals surface area (Å²) in [5.41, 5.74) is 2.57. The van der Waals surface area contributed by atoms with Gasteiger partial charge in [0.1, 0.15) is 5.75 Å². The summed E-state index contributed by atoms with van der Waals surface area (Å²) in [5.74, 6) is -0.236. The van der Waals surface area contributed by atoms with E-state index in [2.05, 4.69) is 10.6 Å². The molecule has 1 heterocycles. The summed E-state index contributed by atoms with van der Waals surface area (Å²) < 4.78 is 4.99. The number of carbonyl (C=O) groups excluding carboxylic acids is 2. The maximum atomic E-state index is 12.5. The van der Waals surface area contributed by atoms with Crippen molar-refractivity contribution in [3.05, 3.63) is 40.1 Å². The maximum absolute atomic E-state index is 12.5. The molecule has 28 heavy (non-hydrogen) atoms. The van der Waals surface area contributed by atoms with E-state index < -0.39 is 12.0 Å². The molecule has 2 rings (SSSR count). The number of esters is 1. The van der Waals surface area contributed by atoms with Crippen molar-refractivity contribution < 1.29 is 19.4 Å². The molecule has 6 heteroatoms. The lowest BCUT2D eigenvalue weighted by molar-refractivity contribution is -0.136. The van der Waals surface area contributed by atoms with Gasteiger partial charge < -0.3 is 20.5 Å². The number of aromatic hydroxyl groups is 1. The molecule has 0 bridgehead atoms. The molecule has 1 aromatic carbocycles. The van der Waals surface area contributed by atoms with E-state index in [1.807, 2.05) is 60.6 Å². The average molecular weight is 389 g/mol. The second-order valence-electron chi connectivity index (χ2n) is 9.23. The Morgan fingerprint density at radius 1 is 1.11 bits per heavy atom. The fraction of sp³-hybridized carbons (Fsp3) is 0.545. The summed E-state index contributed by atoms with van der Waals surface area (Å²) in [7, 11) is 1.33. The standard InChI is InChI=1S/C22H32N2O4/c1-9-15-16(19(26)28-8)17(24-20(27)23-15)12-10-13(21(2,3)4)18(25)14(11-12)22(5,6)7/h10-11,17,25H,9H2,1-8H3,(H2,23,24,27). The molecule has 0 aromatic heterocycles. The number of carbonyl (C=O) groups is 2. The highest BCUT2D eigenvalue weighted by molar-refractivity contribution is 5.95. The number of urea groups is 1. The normalized spacial score (nSPS) is 17.9. The number of rotatable bonds is 3. The number of phenols is 1. The van der Waals surface area contributed by atoms with Crippen molar-refractivity contribution in [3.63, 3.8) is 0 Å². The number of hydrogen-bond donors (Lipinski definition) is 3. The predicted octanol–water partition coefficient (Wildman–Crippen LogP) is 4.18. The van der Waals surface area contributed by atoms with Gasteiger partial charge in [0.05, 0.1) is 18.7 Å². The van der Waals surface area contributed by atoms with E-state index in [9.17, 15) is 14.7 Å². The van der Waals surface area contributed by atoms with Crippen LogP contribution >= 0.6 is 0 Å². The van der Waals surface area contributed by atoms with Crippen LogP contribution in [-0.4, -0.2) is 24.2 Å². The Bertz CT molecular complexity index is 791. The molecule has 0 spiro atoms. The molecule has 2 amide bonds. The van der Waals surface area contributed by atoms with Crippen molar-refractivity contribution in [3.8, 4) is 5.75 Å². The van der Waals surface area contributed by atoms with Crippen LogP contribution in [0.15, 0.2) is 23.4 Å². The lowest BCUT2D eigenvalue weighted by Crippen LogP contribution is -2.46. The van der Waals surface area contributed by atoms with E-state index in [-0.39, 0.29) is 22.6 Å². The third kappa shape index (κ3) is 4.16. The van der Waals surface area contributed by atoms with Crippen molar-refractivity contribution in [1.82, 2.24) is 10.6 Å². The molecule has 0 saturated heterocycles. The molecule has 6 nitrogen and oxygen atoms in total. The number of nitrogens with one attached hydrogen (secondary N) is 2. The zero-order valence-corrected chi connectivity index (χ0v) is 18.1. The minimum absolute atomic E-state index is 0.253. The van der Waals surface area contributed by atoms with Gasteiger partial charge in [-0.1, -0.05) is 48.5 Å². The number of amides is 2. The van der Waals surface area contributed by atoms with Crippen LogP contribution in [0.5, 0.6) is 5.75 Å². The molecule has 0 radical (unpaired) electrons. The smallest absolute Gasteiger partial charge is 0.337 e. The van der Waals surface area contributed by atoms with Gasteiger partial charge in [-0.25, -0.2) is 9.59 Å². The lowest BCUT2D eigenvalue weighted by Gasteiger charge is -2.32. The van der Waals surface area contributed by atoms with Crippen LogP contribution in [0, 0.1) is 0 Å². The van der Waals surface area contributed by atoms with Crippen molar-refractivity contribution in [1.29, 1.82) is 0 Å². The number of methoxy groups -OCH3 is 1. The molecule has 0 aliphatic carbocycles. The second kappa shape index (κ2) is 7.49. The molecule has 1 aliphatic rings. The molecule has 3 N–H and O–H groups in total. The Balaban J connectivity index is 2.81. The third-order valence-electron chi connectivity index (χ3n) is 4.99. The fourth-order valence-corrected chi connectivity index (χ4v) is 3.46. The molecule has 1 unspecified atom stereocenters. The topological polar surface area (TPSA) is 87.7 Å². The highest BCUT2D eigenvalue weighted by Gasteiger charge is 2.35. The molecular weight excluding hydrogens is 356 g/mol. The summed E-state index contributed by atoms with van der Waals surface area (Å²) in [5, 5.41) is 16.5.